The topological polar surface area (TPSA) is 54.3 Å². The van der Waals surface area contributed by atoms with Crippen molar-refractivity contribution in [3.05, 3.63) is 46.2 Å². The predicted molar refractivity (Wildman–Crippen MR) is 136 cm³/mol. The van der Waals surface area contributed by atoms with Crippen LogP contribution in [0.4, 0.5) is 0 Å². The SMILES string of the molecule is CCC(C)CCCCN1C2CCC1CC(NC(=O)c1cc3ccccc3n(C(C)C)c1=O)C2. The number of carbonyl (C=O) groups excluding carboxylic acids is 1. The van der Waals surface area contributed by atoms with E-state index in [2.05, 4.69) is 24.1 Å². The Kier molecular flexibility index (Phi) is 7.58. The van der Waals surface area contributed by atoms with E-state index in [0.29, 0.717) is 12.1 Å². The fourth-order valence-corrected chi connectivity index (χ4v) is 5.97. The standard InChI is InChI=1S/C28H41N3O2/c1-5-20(4)10-8-9-15-30-23-13-14-24(30)18-22(17-23)29-27(32)25-16-21-11-6-7-12-26(21)31(19(2)3)28(25)33/h6-7,11-12,16,19-20,22-24H,5,8-10,13-15,17-18H2,1-4H3,(H,29,32). The summed E-state index contributed by atoms with van der Waals surface area (Å²) in [7, 11) is 0. The summed E-state index contributed by atoms with van der Waals surface area (Å²) in [6.45, 7) is 9.80. The molecule has 2 bridgehead atoms. The molecular weight excluding hydrogens is 410 g/mol. The Bertz CT molecular complexity index is 1010. The van der Waals surface area contributed by atoms with E-state index in [-0.39, 0.29) is 29.1 Å². The molecule has 2 aromatic rings. The molecule has 0 aliphatic carbocycles. The fourth-order valence-electron chi connectivity index (χ4n) is 5.97. The van der Waals surface area contributed by atoms with Crippen LogP contribution in [0.25, 0.3) is 10.9 Å². The van der Waals surface area contributed by atoms with Crippen molar-refractivity contribution >= 4 is 16.8 Å². The molecule has 2 saturated heterocycles. The van der Waals surface area contributed by atoms with E-state index >= 15 is 0 Å². The summed E-state index contributed by atoms with van der Waals surface area (Å²) in [4.78, 5) is 29.2. The van der Waals surface area contributed by atoms with Crippen molar-refractivity contribution in [2.24, 2.45) is 5.92 Å². The van der Waals surface area contributed by atoms with Crippen molar-refractivity contribution < 1.29 is 4.79 Å². The van der Waals surface area contributed by atoms with Crippen LogP contribution in [0, 0.1) is 5.92 Å². The lowest BCUT2D eigenvalue weighted by Gasteiger charge is -2.39. The summed E-state index contributed by atoms with van der Waals surface area (Å²) < 4.78 is 1.75. The van der Waals surface area contributed by atoms with Crippen LogP contribution in [0.5, 0.6) is 0 Å². The van der Waals surface area contributed by atoms with E-state index in [9.17, 15) is 9.59 Å². The molecule has 33 heavy (non-hydrogen) atoms. The van der Waals surface area contributed by atoms with Gasteiger partial charge in [-0.15, -0.1) is 0 Å². The first kappa shape index (κ1) is 24.0. The smallest absolute Gasteiger partial charge is 0.264 e. The highest BCUT2D eigenvalue weighted by molar-refractivity contribution is 5.97. The van der Waals surface area contributed by atoms with Gasteiger partial charge >= 0.3 is 0 Å². The van der Waals surface area contributed by atoms with Crippen molar-refractivity contribution in [3.8, 4) is 0 Å². The summed E-state index contributed by atoms with van der Waals surface area (Å²) in [5.41, 5.74) is 0.957. The molecule has 3 unspecified atom stereocenters. The van der Waals surface area contributed by atoms with Crippen molar-refractivity contribution in [2.75, 3.05) is 6.54 Å². The molecule has 5 nitrogen and oxygen atoms in total. The van der Waals surface area contributed by atoms with E-state index in [1.165, 1.54) is 45.1 Å². The Hall–Kier alpha value is -2.14. The largest absolute Gasteiger partial charge is 0.349 e. The van der Waals surface area contributed by atoms with Gasteiger partial charge in [0, 0.05) is 24.2 Å². The first-order valence-corrected chi connectivity index (χ1v) is 13.1. The number of hydrogen-bond acceptors (Lipinski definition) is 3. The third-order valence-electron chi connectivity index (χ3n) is 7.99. The zero-order valence-electron chi connectivity index (χ0n) is 20.8. The van der Waals surface area contributed by atoms with E-state index in [1.54, 1.807) is 10.6 Å². The number of aromatic nitrogens is 1. The van der Waals surface area contributed by atoms with E-state index < -0.39 is 0 Å². The molecule has 4 rings (SSSR count). The number of pyridine rings is 1. The van der Waals surface area contributed by atoms with Crippen molar-refractivity contribution in [3.63, 3.8) is 0 Å². The Morgan fingerprint density at radius 2 is 1.79 bits per heavy atom. The lowest BCUT2D eigenvalue weighted by molar-refractivity contribution is 0.0839. The molecule has 3 atom stereocenters. The minimum Gasteiger partial charge on any atom is -0.349 e. The zero-order chi connectivity index (χ0) is 23.5. The lowest BCUT2D eigenvalue weighted by Crippen LogP contribution is -2.51. The monoisotopic (exact) mass is 451 g/mol. The maximum Gasteiger partial charge on any atom is 0.264 e. The first-order valence-electron chi connectivity index (χ1n) is 13.1. The Morgan fingerprint density at radius 1 is 1.09 bits per heavy atom. The number of rotatable bonds is 9. The number of unbranched alkanes of at least 4 members (excludes halogenated alkanes) is 1. The second-order valence-corrected chi connectivity index (χ2v) is 10.7. The molecule has 1 N–H and O–H groups in total. The second-order valence-electron chi connectivity index (χ2n) is 10.7. The summed E-state index contributed by atoms with van der Waals surface area (Å²) in [5, 5.41) is 4.17. The zero-order valence-corrected chi connectivity index (χ0v) is 20.8. The Balaban J connectivity index is 1.41. The maximum absolute atomic E-state index is 13.2. The van der Waals surface area contributed by atoms with Crippen LogP contribution >= 0.6 is 0 Å². The maximum atomic E-state index is 13.2. The number of nitrogens with zero attached hydrogens (tertiary/aromatic N) is 2. The third-order valence-corrected chi connectivity index (χ3v) is 7.99. The summed E-state index contributed by atoms with van der Waals surface area (Å²) in [6, 6.07) is 10.9. The number of para-hydroxylation sites is 1. The molecule has 0 spiro atoms. The summed E-state index contributed by atoms with van der Waals surface area (Å²) in [6.07, 6.45) is 9.67. The summed E-state index contributed by atoms with van der Waals surface area (Å²) in [5.74, 6) is 0.615. The lowest BCUT2D eigenvalue weighted by atomic mass is 9.96. The molecule has 1 aromatic heterocycles. The van der Waals surface area contributed by atoms with Gasteiger partial charge in [0.1, 0.15) is 5.56 Å². The molecule has 0 radical (unpaired) electrons. The van der Waals surface area contributed by atoms with Crippen LogP contribution in [0.2, 0.25) is 0 Å². The highest BCUT2D eigenvalue weighted by Gasteiger charge is 2.40. The van der Waals surface area contributed by atoms with Crippen LogP contribution in [0.1, 0.15) is 95.5 Å². The minimum absolute atomic E-state index is 0.00505. The number of amides is 1. The highest BCUT2D eigenvalue weighted by atomic mass is 16.2. The van der Waals surface area contributed by atoms with Gasteiger partial charge in [0.15, 0.2) is 0 Å². The molecule has 1 amide bonds. The highest BCUT2D eigenvalue weighted by Crippen LogP contribution is 2.36. The molecule has 5 heteroatoms. The van der Waals surface area contributed by atoms with E-state index in [1.807, 2.05) is 38.1 Å². The van der Waals surface area contributed by atoms with Gasteiger partial charge in [-0.05, 0) is 75.9 Å². The minimum atomic E-state index is -0.216. The van der Waals surface area contributed by atoms with Crippen molar-refractivity contribution in [2.45, 2.75) is 103 Å². The number of nitrogens with one attached hydrogen (secondary N) is 1. The average molecular weight is 452 g/mol. The molecule has 1 aromatic carbocycles. The normalized spacial score (nSPS) is 23.8. The summed E-state index contributed by atoms with van der Waals surface area (Å²) >= 11 is 0. The molecule has 2 fully saturated rings. The van der Waals surface area contributed by atoms with Crippen molar-refractivity contribution in [1.29, 1.82) is 0 Å². The number of carbonyl (C=O) groups is 1. The number of fused-ring (bicyclic) bond motifs is 3. The van der Waals surface area contributed by atoms with E-state index in [4.69, 9.17) is 0 Å². The number of piperidine rings is 1. The molecule has 3 heterocycles. The van der Waals surface area contributed by atoms with Crippen LogP contribution in [-0.4, -0.2) is 40.0 Å². The van der Waals surface area contributed by atoms with Gasteiger partial charge in [-0.25, -0.2) is 0 Å². The average Bonchev–Trinajstić information content (AvgIpc) is 3.03. The number of hydrogen-bond donors (Lipinski definition) is 1. The van der Waals surface area contributed by atoms with Gasteiger partial charge in [0.05, 0.1) is 5.52 Å². The van der Waals surface area contributed by atoms with Gasteiger partial charge in [-0.2, -0.15) is 0 Å². The fraction of sp³-hybridized carbons (Fsp3) is 0.643. The van der Waals surface area contributed by atoms with Crippen LogP contribution < -0.4 is 10.9 Å². The quantitative estimate of drug-likeness (QED) is 0.511. The van der Waals surface area contributed by atoms with Gasteiger partial charge in [0.25, 0.3) is 11.5 Å². The third kappa shape index (κ3) is 5.18. The van der Waals surface area contributed by atoms with Crippen LogP contribution in [0.3, 0.4) is 0 Å². The molecule has 2 aliphatic heterocycles. The Morgan fingerprint density at radius 3 is 2.45 bits per heavy atom. The number of benzene rings is 1. The predicted octanol–water partition coefficient (Wildman–Crippen LogP) is 5.52. The molecule has 180 valence electrons. The van der Waals surface area contributed by atoms with Crippen LogP contribution in [0.15, 0.2) is 35.1 Å². The van der Waals surface area contributed by atoms with Gasteiger partial charge < -0.3 is 9.88 Å². The van der Waals surface area contributed by atoms with Gasteiger partial charge in [-0.3, -0.25) is 14.5 Å². The molecule has 2 aliphatic rings. The van der Waals surface area contributed by atoms with Crippen molar-refractivity contribution in [1.82, 2.24) is 14.8 Å². The Labute approximate surface area is 198 Å². The van der Waals surface area contributed by atoms with Gasteiger partial charge in [0.2, 0.25) is 0 Å². The van der Waals surface area contributed by atoms with Gasteiger partial charge in [-0.1, -0.05) is 51.3 Å². The first-order chi connectivity index (χ1) is 15.9. The molecular formula is C28H41N3O2. The van der Waals surface area contributed by atoms with E-state index in [0.717, 1.165) is 29.7 Å². The van der Waals surface area contributed by atoms with Crippen LogP contribution in [-0.2, 0) is 0 Å². The molecule has 0 saturated carbocycles. The second kappa shape index (κ2) is 10.4.